The minimum atomic E-state index is -4.48. The van der Waals surface area contributed by atoms with E-state index in [1.54, 1.807) is 24.3 Å². The molecular weight excluding hydrogens is 463 g/mol. The SMILES string of the molecule is CSCc1nn2c(-c3ccc(C(F)(F)F)cc3)c(-c3ccccc3Cl)cnc2c1C(=O)O. The topological polar surface area (TPSA) is 67.5 Å². The van der Waals surface area contributed by atoms with Gasteiger partial charge in [-0.25, -0.2) is 14.3 Å². The van der Waals surface area contributed by atoms with Gasteiger partial charge in [0.1, 0.15) is 5.56 Å². The molecule has 0 unspecified atom stereocenters. The number of carbonyl (C=O) groups is 1. The van der Waals surface area contributed by atoms with Crippen molar-refractivity contribution < 1.29 is 23.1 Å². The Morgan fingerprint density at radius 3 is 2.41 bits per heavy atom. The van der Waals surface area contributed by atoms with E-state index in [1.165, 1.54) is 34.6 Å². The first-order valence-electron chi connectivity index (χ1n) is 9.27. The van der Waals surface area contributed by atoms with Crippen LogP contribution in [0.5, 0.6) is 0 Å². The molecule has 0 aliphatic rings. The molecule has 10 heteroatoms. The van der Waals surface area contributed by atoms with Crippen LogP contribution in [0.3, 0.4) is 0 Å². The molecule has 0 bridgehead atoms. The van der Waals surface area contributed by atoms with E-state index in [0.717, 1.165) is 12.1 Å². The van der Waals surface area contributed by atoms with E-state index in [-0.39, 0.29) is 11.2 Å². The lowest BCUT2D eigenvalue weighted by molar-refractivity contribution is -0.137. The Hall–Kier alpha value is -3.04. The van der Waals surface area contributed by atoms with Crippen molar-refractivity contribution >= 4 is 35.0 Å². The molecule has 4 aromatic rings. The molecule has 4 rings (SSSR count). The molecule has 2 aromatic carbocycles. The zero-order valence-electron chi connectivity index (χ0n) is 16.5. The normalized spacial score (nSPS) is 11.8. The Bertz CT molecular complexity index is 1320. The third kappa shape index (κ3) is 3.93. The maximum Gasteiger partial charge on any atom is 0.416 e. The first kappa shape index (κ1) is 22.2. The second-order valence-electron chi connectivity index (χ2n) is 6.87. The maximum atomic E-state index is 13.1. The van der Waals surface area contributed by atoms with Gasteiger partial charge in [0.05, 0.1) is 17.0 Å². The summed E-state index contributed by atoms with van der Waals surface area (Å²) in [6.07, 6.45) is -1.19. The number of aromatic nitrogens is 3. The van der Waals surface area contributed by atoms with Crippen LogP contribution in [0.15, 0.2) is 54.7 Å². The first-order chi connectivity index (χ1) is 15.2. The molecule has 5 nitrogen and oxygen atoms in total. The first-order valence-corrected chi connectivity index (χ1v) is 11.0. The average Bonchev–Trinajstić information content (AvgIpc) is 3.11. The standard InChI is InChI=1S/C22H15ClF3N3O2S/c1-32-11-17-18(21(30)31)20-27-10-15(14-4-2-3-5-16(14)23)19(29(20)28-17)12-6-8-13(9-7-12)22(24,25)26/h2-10H,11H2,1H3,(H,30,31). The third-order valence-corrected chi connectivity index (χ3v) is 5.75. The molecule has 1 N–H and O–H groups in total. The number of hydrogen-bond acceptors (Lipinski definition) is 4. The highest BCUT2D eigenvalue weighted by atomic mass is 35.5. The molecule has 0 saturated heterocycles. The number of alkyl halides is 3. The lowest BCUT2D eigenvalue weighted by atomic mass is 9.99. The van der Waals surface area contributed by atoms with Crippen LogP contribution in [0.1, 0.15) is 21.6 Å². The molecule has 0 aliphatic carbocycles. The highest BCUT2D eigenvalue weighted by Gasteiger charge is 2.30. The Labute approximate surface area is 189 Å². The lowest BCUT2D eigenvalue weighted by Crippen LogP contribution is -2.05. The second kappa shape index (κ2) is 8.48. The van der Waals surface area contributed by atoms with Crippen LogP contribution in [-0.2, 0) is 11.9 Å². The molecule has 2 heterocycles. The molecule has 0 amide bonds. The van der Waals surface area contributed by atoms with Crippen molar-refractivity contribution in [1.82, 2.24) is 14.6 Å². The fourth-order valence-electron chi connectivity index (χ4n) is 3.46. The number of carboxylic acid groups (broad SMARTS) is 1. The summed E-state index contributed by atoms with van der Waals surface area (Å²) in [7, 11) is 0. The summed E-state index contributed by atoms with van der Waals surface area (Å²) in [5, 5.41) is 14.6. The molecule has 0 saturated carbocycles. The zero-order valence-corrected chi connectivity index (χ0v) is 18.1. The number of nitrogens with zero attached hydrogens (tertiary/aromatic N) is 3. The van der Waals surface area contributed by atoms with Crippen molar-refractivity contribution in [1.29, 1.82) is 0 Å². The minimum Gasteiger partial charge on any atom is -0.477 e. The summed E-state index contributed by atoms with van der Waals surface area (Å²) >= 11 is 7.79. The number of thioether (sulfide) groups is 1. The van der Waals surface area contributed by atoms with Gasteiger partial charge in [-0.05, 0) is 24.5 Å². The monoisotopic (exact) mass is 477 g/mol. The molecule has 32 heavy (non-hydrogen) atoms. The van der Waals surface area contributed by atoms with Crippen molar-refractivity contribution in [3.05, 3.63) is 76.6 Å². The van der Waals surface area contributed by atoms with Crippen molar-refractivity contribution in [2.45, 2.75) is 11.9 Å². The van der Waals surface area contributed by atoms with E-state index in [1.807, 2.05) is 6.26 Å². The highest BCUT2D eigenvalue weighted by Crippen LogP contribution is 2.38. The smallest absolute Gasteiger partial charge is 0.416 e. The van der Waals surface area contributed by atoms with Gasteiger partial charge in [0.25, 0.3) is 0 Å². The fraction of sp³-hybridized carbons (Fsp3) is 0.136. The van der Waals surface area contributed by atoms with Gasteiger partial charge in [-0.2, -0.15) is 30.0 Å². The third-order valence-electron chi connectivity index (χ3n) is 4.86. The van der Waals surface area contributed by atoms with Crippen LogP contribution in [0.2, 0.25) is 5.02 Å². The Balaban J connectivity index is 2.06. The number of rotatable bonds is 5. The Morgan fingerprint density at radius 1 is 1.12 bits per heavy atom. The van der Waals surface area contributed by atoms with Gasteiger partial charge < -0.3 is 5.11 Å². The van der Waals surface area contributed by atoms with Gasteiger partial charge >= 0.3 is 12.1 Å². The number of benzene rings is 2. The predicted octanol–water partition coefficient (Wildman–Crippen LogP) is 6.30. The molecule has 0 fully saturated rings. The molecule has 164 valence electrons. The quantitative estimate of drug-likeness (QED) is 0.365. The van der Waals surface area contributed by atoms with E-state index < -0.39 is 17.7 Å². The fourth-order valence-corrected chi connectivity index (χ4v) is 4.17. The molecular formula is C22H15ClF3N3O2S. The number of aromatic carboxylic acids is 1. The van der Waals surface area contributed by atoms with Crippen molar-refractivity contribution in [2.24, 2.45) is 0 Å². The van der Waals surface area contributed by atoms with Gasteiger partial charge in [0.15, 0.2) is 5.65 Å². The van der Waals surface area contributed by atoms with Gasteiger partial charge in [-0.3, -0.25) is 0 Å². The number of carboxylic acids is 1. The van der Waals surface area contributed by atoms with Gasteiger partial charge in [-0.1, -0.05) is 41.9 Å². The predicted molar refractivity (Wildman–Crippen MR) is 118 cm³/mol. The van der Waals surface area contributed by atoms with E-state index >= 15 is 0 Å². The average molecular weight is 478 g/mol. The summed E-state index contributed by atoms with van der Waals surface area (Å²) in [5.41, 5.74) is 1.51. The van der Waals surface area contributed by atoms with E-state index in [2.05, 4.69) is 10.1 Å². The van der Waals surface area contributed by atoms with Crippen LogP contribution in [0.4, 0.5) is 13.2 Å². The number of hydrogen-bond donors (Lipinski definition) is 1. The summed E-state index contributed by atoms with van der Waals surface area (Å²) in [5.74, 6) is -0.848. The van der Waals surface area contributed by atoms with E-state index in [9.17, 15) is 23.1 Å². The number of fused-ring (bicyclic) bond motifs is 1. The second-order valence-corrected chi connectivity index (χ2v) is 8.14. The van der Waals surface area contributed by atoms with E-state index in [4.69, 9.17) is 11.6 Å². The van der Waals surface area contributed by atoms with Crippen molar-refractivity contribution in [2.75, 3.05) is 6.26 Å². The largest absolute Gasteiger partial charge is 0.477 e. The molecule has 0 spiro atoms. The molecule has 0 atom stereocenters. The Morgan fingerprint density at radius 2 is 1.81 bits per heavy atom. The van der Waals surface area contributed by atoms with Crippen LogP contribution in [-0.4, -0.2) is 31.9 Å². The van der Waals surface area contributed by atoms with Gasteiger partial charge in [0.2, 0.25) is 0 Å². The summed E-state index contributed by atoms with van der Waals surface area (Å²) in [6.45, 7) is 0. The lowest BCUT2D eigenvalue weighted by Gasteiger charge is -2.14. The summed E-state index contributed by atoms with van der Waals surface area (Å²) in [6, 6.07) is 11.6. The molecule has 2 aromatic heterocycles. The van der Waals surface area contributed by atoms with Crippen molar-refractivity contribution in [3.63, 3.8) is 0 Å². The van der Waals surface area contributed by atoms with Gasteiger partial charge in [0, 0.05) is 33.7 Å². The number of halogens is 4. The van der Waals surface area contributed by atoms with Crippen LogP contribution >= 0.6 is 23.4 Å². The van der Waals surface area contributed by atoms with Crippen LogP contribution in [0, 0.1) is 0 Å². The molecule has 0 aliphatic heterocycles. The van der Waals surface area contributed by atoms with Gasteiger partial charge in [-0.15, -0.1) is 0 Å². The summed E-state index contributed by atoms with van der Waals surface area (Å²) in [4.78, 5) is 16.3. The van der Waals surface area contributed by atoms with Crippen LogP contribution in [0.25, 0.3) is 28.0 Å². The minimum absolute atomic E-state index is 0.0433. The zero-order chi connectivity index (χ0) is 23.0. The highest BCUT2D eigenvalue weighted by molar-refractivity contribution is 7.97. The molecule has 0 radical (unpaired) electrons. The summed E-state index contributed by atoms with van der Waals surface area (Å²) < 4.78 is 40.6. The maximum absolute atomic E-state index is 13.1. The van der Waals surface area contributed by atoms with Crippen molar-refractivity contribution in [3.8, 4) is 22.4 Å². The Kier molecular flexibility index (Phi) is 5.87. The van der Waals surface area contributed by atoms with Crippen LogP contribution < -0.4 is 0 Å². The van der Waals surface area contributed by atoms with E-state index in [0.29, 0.717) is 38.9 Å².